The molecule has 3 heterocycles. The van der Waals surface area contributed by atoms with Crippen molar-refractivity contribution in [3.63, 3.8) is 0 Å². The smallest absolute Gasteiger partial charge is 0.410 e. The third kappa shape index (κ3) is 7.66. The summed E-state index contributed by atoms with van der Waals surface area (Å²) in [6.07, 6.45) is 3.89. The van der Waals surface area contributed by atoms with Crippen LogP contribution in [0.15, 0.2) is 48.6 Å². The van der Waals surface area contributed by atoms with Gasteiger partial charge in [-0.25, -0.2) is 14.0 Å². The molecular formula is C36H45FN6O4. The summed E-state index contributed by atoms with van der Waals surface area (Å²) in [6.45, 7) is 15.5. The molecule has 0 unspecified atom stereocenters. The Balaban J connectivity index is 1.45. The molecule has 1 aromatic heterocycles. The van der Waals surface area contributed by atoms with Crippen molar-refractivity contribution in [3.8, 4) is 22.8 Å². The molecule has 0 bridgehead atoms. The molecule has 11 heteroatoms. The highest BCUT2D eigenvalue weighted by molar-refractivity contribution is 5.81. The van der Waals surface area contributed by atoms with Crippen molar-refractivity contribution in [1.82, 2.24) is 24.6 Å². The van der Waals surface area contributed by atoms with E-state index in [1.165, 1.54) is 11.0 Å². The van der Waals surface area contributed by atoms with Crippen LogP contribution in [0.3, 0.4) is 0 Å². The van der Waals surface area contributed by atoms with Crippen LogP contribution in [0.4, 0.5) is 19.7 Å². The summed E-state index contributed by atoms with van der Waals surface area (Å²) in [5.74, 6) is 0.654. The minimum Gasteiger partial charge on any atom is -0.465 e. The number of amides is 2. The van der Waals surface area contributed by atoms with Crippen LogP contribution in [0.1, 0.15) is 78.5 Å². The Kier molecular flexibility index (Phi) is 9.74. The summed E-state index contributed by atoms with van der Waals surface area (Å²) < 4.78 is 23.3. The first-order chi connectivity index (χ1) is 22.2. The van der Waals surface area contributed by atoms with Gasteiger partial charge >= 0.3 is 12.2 Å². The standard InChI is InChI=1S/C36H45FN6O4/c1-22(2)38-31-21-27(25-14-18-42(19-15-25)35(46)47-36(5,6)7)9-11-29(31)33-40-39-32(43(33)23(3)4)28-10-8-26(20-30(28)37)24-12-16-41(17-13-24)34(44)45/h8-12,14,20-23,38H,13,15-19H2,1-7H3,(H,44,45). The van der Waals surface area contributed by atoms with E-state index in [-0.39, 0.29) is 24.7 Å². The quantitative estimate of drug-likeness (QED) is 0.268. The Morgan fingerprint density at radius 1 is 0.872 bits per heavy atom. The fourth-order valence-corrected chi connectivity index (χ4v) is 5.94. The largest absolute Gasteiger partial charge is 0.465 e. The highest BCUT2D eigenvalue weighted by atomic mass is 19.1. The SMILES string of the molecule is CC(C)Nc1cc(C2=CCN(C(=O)OC(C)(C)C)CC2)ccc1-c1nnc(-c2ccc(C3=CCN(C(=O)O)CC3)cc2F)n1C(C)C. The monoisotopic (exact) mass is 644 g/mol. The molecule has 2 aromatic carbocycles. The van der Waals surface area contributed by atoms with Gasteiger partial charge in [-0.15, -0.1) is 10.2 Å². The average Bonchev–Trinajstić information content (AvgIpc) is 3.45. The number of ether oxygens (including phenoxy) is 1. The van der Waals surface area contributed by atoms with Crippen molar-refractivity contribution in [2.45, 2.75) is 79.0 Å². The van der Waals surface area contributed by atoms with Crippen LogP contribution >= 0.6 is 0 Å². The molecule has 2 aliphatic rings. The van der Waals surface area contributed by atoms with Gasteiger partial charge in [0, 0.05) is 49.5 Å². The molecule has 0 saturated carbocycles. The summed E-state index contributed by atoms with van der Waals surface area (Å²) in [5, 5.41) is 21.9. The van der Waals surface area contributed by atoms with Gasteiger partial charge in [0.05, 0.1) is 5.56 Å². The Labute approximate surface area is 275 Å². The van der Waals surface area contributed by atoms with E-state index in [4.69, 9.17) is 4.74 Å². The number of hydrogen-bond donors (Lipinski definition) is 2. The van der Waals surface area contributed by atoms with Gasteiger partial charge in [-0.3, -0.25) is 0 Å². The fourth-order valence-electron chi connectivity index (χ4n) is 5.94. The number of benzene rings is 2. The van der Waals surface area contributed by atoms with Crippen molar-refractivity contribution in [2.75, 3.05) is 31.5 Å². The molecular weight excluding hydrogens is 599 g/mol. The number of nitrogens with one attached hydrogen (secondary N) is 1. The lowest BCUT2D eigenvalue weighted by Crippen LogP contribution is -2.39. The van der Waals surface area contributed by atoms with E-state index in [0.29, 0.717) is 49.7 Å². The zero-order valence-electron chi connectivity index (χ0n) is 28.3. The fraction of sp³-hybridized carbons (Fsp3) is 0.444. The predicted molar refractivity (Wildman–Crippen MR) is 183 cm³/mol. The summed E-state index contributed by atoms with van der Waals surface area (Å²) in [7, 11) is 0. The van der Waals surface area contributed by atoms with E-state index in [2.05, 4.69) is 47.6 Å². The predicted octanol–water partition coefficient (Wildman–Crippen LogP) is 7.94. The minimum atomic E-state index is -0.954. The highest BCUT2D eigenvalue weighted by Crippen LogP contribution is 2.37. The number of aromatic nitrogens is 3. The van der Waals surface area contributed by atoms with Gasteiger partial charge in [0.25, 0.3) is 0 Å². The van der Waals surface area contributed by atoms with Crippen molar-refractivity contribution >= 4 is 29.0 Å². The molecule has 0 fully saturated rings. The van der Waals surface area contributed by atoms with Crippen LogP contribution in [0.5, 0.6) is 0 Å². The van der Waals surface area contributed by atoms with Crippen LogP contribution in [0.25, 0.3) is 33.9 Å². The number of hydrogen-bond acceptors (Lipinski definition) is 6. The first kappa shape index (κ1) is 33.7. The lowest BCUT2D eigenvalue weighted by atomic mass is 9.96. The molecule has 0 atom stereocenters. The normalized spacial score (nSPS) is 15.5. The third-order valence-electron chi connectivity index (χ3n) is 8.21. The van der Waals surface area contributed by atoms with Crippen molar-refractivity contribution in [3.05, 3.63) is 65.5 Å². The van der Waals surface area contributed by atoms with Gasteiger partial charge in [-0.1, -0.05) is 24.3 Å². The van der Waals surface area contributed by atoms with Crippen LogP contribution in [0, 0.1) is 5.82 Å². The van der Waals surface area contributed by atoms with E-state index in [9.17, 15) is 14.7 Å². The summed E-state index contributed by atoms with van der Waals surface area (Å²) in [6, 6.07) is 11.4. The first-order valence-electron chi connectivity index (χ1n) is 16.2. The van der Waals surface area contributed by atoms with E-state index in [1.54, 1.807) is 11.0 Å². The first-order valence-corrected chi connectivity index (χ1v) is 16.2. The van der Waals surface area contributed by atoms with Crippen LogP contribution in [0.2, 0.25) is 0 Å². The lowest BCUT2D eigenvalue weighted by molar-refractivity contribution is 0.0270. The van der Waals surface area contributed by atoms with Gasteiger partial charge in [0.1, 0.15) is 11.4 Å². The van der Waals surface area contributed by atoms with Gasteiger partial charge in [0.2, 0.25) is 0 Å². The molecule has 2 N–H and O–H groups in total. The molecule has 0 radical (unpaired) electrons. The van der Waals surface area contributed by atoms with Gasteiger partial charge in [-0.2, -0.15) is 0 Å². The van der Waals surface area contributed by atoms with Gasteiger partial charge in [-0.05, 0) is 108 Å². The lowest BCUT2D eigenvalue weighted by Gasteiger charge is -2.30. The van der Waals surface area contributed by atoms with Crippen molar-refractivity contribution in [2.24, 2.45) is 0 Å². The molecule has 47 heavy (non-hydrogen) atoms. The highest BCUT2D eigenvalue weighted by Gasteiger charge is 2.26. The molecule has 3 aromatic rings. The molecule has 0 saturated heterocycles. The van der Waals surface area contributed by atoms with E-state index in [0.717, 1.165) is 33.5 Å². The van der Waals surface area contributed by atoms with Crippen molar-refractivity contribution < 1.29 is 23.8 Å². The average molecular weight is 645 g/mol. The summed E-state index contributed by atoms with van der Waals surface area (Å²) in [5.41, 5.74) is 5.42. The zero-order chi connectivity index (χ0) is 34.0. The van der Waals surface area contributed by atoms with Crippen LogP contribution in [-0.4, -0.2) is 79.7 Å². The number of carbonyl (C=O) groups is 2. The molecule has 2 amide bonds. The van der Waals surface area contributed by atoms with E-state index < -0.39 is 17.5 Å². The molecule has 2 aliphatic heterocycles. The topological polar surface area (TPSA) is 113 Å². The van der Waals surface area contributed by atoms with Crippen LogP contribution in [-0.2, 0) is 4.74 Å². The Morgan fingerprint density at radius 3 is 1.91 bits per heavy atom. The molecule has 0 spiro atoms. The third-order valence-corrected chi connectivity index (χ3v) is 8.21. The number of halogens is 1. The number of rotatable bonds is 7. The molecule has 5 rings (SSSR count). The Morgan fingerprint density at radius 2 is 1.43 bits per heavy atom. The van der Waals surface area contributed by atoms with E-state index in [1.807, 2.05) is 57.4 Å². The number of carboxylic acid groups (broad SMARTS) is 1. The molecule has 250 valence electrons. The van der Waals surface area contributed by atoms with Crippen LogP contribution < -0.4 is 5.32 Å². The van der Waals surface area contributed by atoms with E-state index >= 15 is 4.39 Å². The second kappa shape index (κ2) is 13.6. The minimum absolute atomic E-state index is 0.0661. The second-order valence-corrected chi connectivity index (χ2v) is 13.7. The molecule has 10 nitrogen and oxygen atoms in total. The maximum atomic E-state index is 15.8. The maximum absolute atomic E-state index is 15.8. The van der Waals surface area contributed by atoms with Gasteiger partial charge < -0.3 is 29.5 Å². The summed E-state index contributed by atoms with van der Waals surface area (Å²) in [4.78, 5) is 26.9. The molecule has 0 aliphatic carbocycles. The Bertz CT molecular complexity index is 1720. The van der Waals surface area contributed by atoms with Gasteiger partial charge in [0.15, 0.2) is 11.6 Å². The number of anilines is 1. The number of carbonyl (C=O) groups excluding carboxylic acids is 1. The summed E-state index contributed by atoms with van der Waals surface area (Å²) >= 11 is 0. The second-order valence-electron chi connectivity index (χ2n) is 13.7. The maximum Gasteiger partial charge on any atom is 0.410 e. The zero-order valence-corrected chi connectivity index (χ0v) is 28.3. The number of nitrogens with zero attached hydrogens (tertiary/aromatic N) is 5. The van der Waals surface area contributed by atoms with Crippen molar-refractivity contribution in [1.29, 1.82) is 0 Å². The Hall–Kier alpha value is -4.67.